The number of nitrogens with zero attached hydrogens (tertiary/aromatic N) is 3. The Bertz CT molecular complexity index is 1900. The number of benzene rings is 2. The zero-order chi connectivity index (χ0) is 35.7. The first-order valence-electron chi connectivity index (χ1n) is 14.5. The number of thioether (sulfide) groups is 1. The number of phenolic OH excluding ortho intramolecular Hbond substituents is 1. The molecule has 0 aliphatic heterocycles. The van der Waals surface area contributed by atoms with Crippen LogP contribution in [0.3, 0.4) is 0 Å². The van der Waals surface area contributed by atoms with Crippen molar-refractivity contribution in [1.29, 1.82) is 5.26 Å². The number of anilines is 2. The monoisotopic (exact) mass is 677 g/mol. The van der Waals surface area contributed by atoms with Crippen LogP contribution in [0.5, 0.6) is 11.5 Å². The van der Waals surface area contributed by atoms with Crippen molar-refractivity contribution in [2.45, 2.75) is 34.9 Å². The van der Waals surface area contributed by atoms with Crippen molar-refractivity contribution in [3.63, 3.8) is 0 Å². The predicted molar refractivity (Wildman–Crippen MR) is 176 cm³/mol. The lowest BCUT2D eigenvalue weighted by molar-refractivity contribution is -0.139. The summed E-state index contributed by atoms with van der Waals surface area (Å²) < 4.78 is 5.36. The summed E-state index contributed by atoms with van der Waals surface area (Å²) in [6.45, 7) is 0. The van der Waals surface area contributed by atoms with Crippen LogP contribution < -0.4 is 32.2 Å². The SMILES string of the molecule is CSc1ccc(OC(=O)Nc2cc(N(C)C)c3c(c2O)C(O)=C2C(=O)[C@]4(C#N)C(O)=C(C(N)=O)C(=O)[C@@H](N(C)C)[C@]4(N)C[C@]2(N)C3)cc1. The summed E-state index contributed by atoms with van der Waals surface area (Å²) in [7, 11) is 6.20. The van der Waals surface area contributed by atoms with Gasteiger partial charge in [-0.05, 0) is 69.1 Å². The van der Waals surface area contributed by atoms with Gasteiger partial charge in [0.25, 0.3) is 5.91 Å². The zero-order valence-corrected chi connectivity index (χ0v) is 27.6. The number of nitrogens with two attached hydrogens (primary N) is 3. The van der Waals surface area contributed by atoms with Gasteiger partial charge in [0, 0.05) is 24.7 Å². The molecule has 0 bridgehead atoms. The average Bonchev–Trinajstić information content (AvgIpc) is 2.97. The summed E-state index contributed by atoms with van der Waals surface area (Å²) in [5, 5.41) is 47.7. The van der Waals surface area contributed by atoms with E-state index in [2.05, 4.69) is 5.32 Å². The van der Waals surface area contributed by atoms with Crippen LogP contribution in [0, 0.1) is 16.7 Å². The van der Waals surface area contributed by atoms with Crippen molar-refractivity contribution >= 4 is 52.5 Å². The van der Waals surface area contributed by atoms with Gasteiger partial charge in [-0.3, -0.25) is 24.6 Å². The fourth-order valence-electron chi connectivity index (χ4n) is 7.26. The Kier molecular flexibility index (Phi) is 8.25. The number of aliphatic hydroxyl groups excluding tert-OH is 2. The number of aromatic hydroxyl groups is 1. The number of primary amides is 1. The van der Waals surface area contributed by atoms with Gasteiger partial charge in [0.05, 0.1) is 40.0 Å². The minimum Gasteiger partial charge on any atom is -0.509 e. The standard InChI is InChI=1S/C32H35N7O8S/c1-38(2)18-10-17(37-29(46)47-14-6-8-15(48-5)9-7-14)22(40)19-16(18)11-30(35)12-32(36)25(39(3)4)24(42)20(28(34)45)26(43)31(32,13-33)27(44)21(30)23(19)41/h6-10,25,40-41,43H,11-12,35-36H2,1-5H3,(H2,34,45)(H,37,46)/t25-,30-,31+,32-/m1/s1. The number of Topliss-reactive ketones (excluding diaryl/α,β-unsaturated/α-hetero) is 2. The summed E-state index contributed by atoms with van der Waals surface area (Å²) >= 11 is 1.50. The number of rotatable bonds is 6. The summed E-state index contributed by atoms with van der Waals surface area (Å²) in [6.07, 6.45) is 0.162. The first-order chi connectivity index (χ1) is 22.4. The van der Waals surface area contributed by atoms with E-state index >= 15 is 0 Å². The van der Waals surface area contributed by atoms with Crippen molar-refractivity contribution in [3.05, 3.63) is 58.4 Å². The topological polar surface area (TPSA) is 259 Å². The Morgan fingerprint density at radius 3 is 2.25 bits per heavy atom. The highest BCUT2D eigenvalue weighted by molar-refractivity contribution is 7.98. The number of carbonyl (C=O) groups excluding carboxylic acids is 4. The van der Waals surface area contributed by atoms with E-state index in [1.54, 1.807) is 49.3 Å². The number of fused-ring (bicyclic) bond motifs is 3. The lowest BCUT2D eigenvalue weighted by Crippen LogP contribution is -2.80. The normalized spacial score (nSPS) is 26.4. The molecule has 48 heavy (non-hydrogen) atoms. The molecule has 1 fully saturated rings. The quantitative estimate of drug-likeness (QED) is 0.129. The van der Waals surface area contributed by atoms with E-state index in [-0.39, 0.29) is 29.0 Å². The van der Waals surface area contributed by atoms with Crippen molar-refractivity contribution in [2.75, 3.05) is 44.7 Å². The lowest BCUT2D eigenvalue weighted by atomic mass is 9.47. The molecule has 3 aliphatic carbocycles. The molecule has 0 aromatic heterocycles. The number of amides is 2. The van der Waals surface area contributed by atoms with Gasteiger partial charge in [0.2, 0.25) is 0 Å². The van der Waals surface area contributed by atoms with Gasteiger partial charge in [-0.1, -0.05) is 0 Å². The molecule has 252 valence electrons. The van der Waals surface area contributed by atoms with Crippen LogP contribution in [-0.2, 0) is 20.8 Å². The summed E-state index contributed by atoms with van der Waals surface area (Å²) in [5.74, 6) is -6.20. The van der Waals surface area contributed by atoms with Gasteiger partial charge < -0.3 is 42.2 Å². The van der Waals surface area contributed by atoms with Crippen LogP contribution in [0.25, 0.3) is 5.76 Å². The number of phenols is 1. The first-order valence-corrected chi connectivity index (χ1v) is 15.7. The molecule has 0 unspecified atom stereocenters. The third-order valence-corrected chi connectivity index (χ3v) is 9.96. The molecule has 0 saturated heterocycles. The molecular formula is C32H35N7O8S. The molecule has 5 rings (SSSR count). The van der Waals surface area contributed by atoms with Crippen LogP contribution in [0.1, 0.15) is 17.5 Å². The van der Waals surface area contributed by atoms with E-state index in [9.17, 15) is 39.8 Å². The van der Waals surface area contributed by atoms with Gasteiger partial charge in [-0.15, -0.1) is 11.8 Å². The van der Waals surface area contributed by atoms with Crippen LogP contribution in [-0.4, -0.2) is 95.4 Å². The molecule has 2 aromatic carbocycles. The lowest BCUT2D eigenvalue weighted by Gasteiger charge is -2.58. The van der Waals surface area contributed by atoms with Gasteiger partial charge in [-0.2, -0.15) is 5.26 Å². The fraction of sp³-hybridized carbons (Fsp3) is 0.344. The van der Waals surface area contributed by atoms with E-state index in [1.165, 1.54) is 36.8 Å². The van der Waals surface area contributed by atoms with Crippen molar-refractivity contribution in [1.82, 2.24) is 4.90 Å². The second kappa shape index (κ2) is 11.6. The van der Waals surface area contributed by atoms with Gasteiger partial charge in [-0.25, -0.2) is 4.79 Å². The number of hydrogen-bond donors (Lipinski definition) is 7. The maximum atomic E-state index is 14.6. The second-order valence-electron chi connectivity index (χ2n) is 12.5. The highest BCUT2D eigenvalue weighted by atomic mass is 32.2. The number of nitrogens with one attached hydrogen (secondary N) is 1. The smallest absolute Gasteiger partial charge is 0.417 e. The van der Waals surface area contributed by atoms with Crippen LogP contribution in [0.4, 0.5) is 16.2 Å². The van der Waals surface area contributed by atoms with E-state index < -0.39 is 80.9 Å². The van der Waals surface area contributed by atoms with E-state index in [1.807, 2.05) is 6.26 Å². The van der Waals surface area contributed by atoms with E-state index in [4.69, 9.17) is 21.9 Å². The minimum absolute atomic E-state index is 0.194. The number of carbonyl (C=O) groups is 4. The van der Waals surface area contributed by atoms with Gasteiger partial charge in [0.15, 0.2) is 22.7 Å². The Morgan fingerprint density at radius 2 is 1.73 bits per heavy atom. The maximum Gasteiger partial charge on any atom is 0.417 e. The number of likely N-dealkylation sites (N-methyl/N-ethyl adjacent to an activating group) is 1. The highest BCUT2D eigenvalue weighted by Gasteiger charge is 2.74. The second-order valence-corrected chi connectivity index (χ2v) is 13.4. The molecule has 10 N–H and O–H groups in total. The van der Waals surface area contributed by atoms with E-state index in [0.717, 1.165) is 4.90 Å². The van der Waals surface area contributed by atoms with Crippen molar-refractivity contribution < 1.29 is 39.2 Å². The largest absolute Gasteiger partial charge is 0.509 e. The predicted octanol–water partition coefficient (Wildman–Crippen LogP) is 1.30. The maximum absolute atomic E-state index is 14.6. The van der Waals surface area contributed by atoms with Crippen LogP contribution in [0.15, 0.2) is 52.1 Å². The fourth-order valence-corrected chi connectivity index (χ4v) is 7.67. The Labute approximate surface area is 279 Å². The first kappa shape index (κ1) is 34.3. The molecule has 4 atom stereocenters. The van der Waals surface area contributed by atoms with Crippen molar-refractivity contribution in [2.24, 2.45) is 22.6 Å². The van der Waals surface area contributed by atoms with Crippen molar-refractivity contribution in [3.8, 4) is 17.6 Å². The number of ether oxygens (including phenoxy) is 1. The molecular weight excluding hydrogens is 642 g/mol. The summed E-state index contributed by atoms with van der Waals surface area (Å²) in [6, 6.07) is 8.33. The molecule has 2 amide bonds. The Hall–Kier alpha value is -5.08. The average molecular weight is 678 g/mol. The number of ketones is 2. The van der Waals surface area contributed by atoms with Crippen LogP contribution in [0.2, 0.25) is 0 Å². The number of hydrogen-bond acceptors (Lipinski definition) is 14. The number of aliphatic hydroxyl groups is 2. The van der Waals surface area contributed by atoms with Crippen LogP contribution >= 0.6 is 11.8 Å². The highest BCUT2D eigenvalue weighted by Crippen LogP contribution is 2.59. The molecule has 2 aromatic rings. The molecule has 1 saturated carbocycles. The molecule has 3 aliphatic rings. The molecule has 15 nitrogen and oxygen atoms in total. The molecule has 16 heteroatoms. The molecule has 0 heterocycles. The van der Waals surface area contributed by atoms with Gasteiger partial charge in [0.1, 0.15) is 22.8 Å². The molecule has 0 spiro atoms. The minimum atomic E-state index is -2.80. The molecule has 0 radical (unpaired) electrons. The third-order valence-electron chi connectivity index (χ3n) is 9.22. The Morgan fingerprint density at radius 1 is 1.10 bits per heavy atom. The van der Waals surface area contributed by atoms with Gasteiger partial charge >= 0.3 is 6.09 Å². The zero-order valence-electron chi connectivity index (χ0n) is 26.7. The summed E-state index contributed by atoms with van der Waals surface area (Å²) in [4.78, 5) is 57.4. The van der Waals surface area contributed by atoms with E-state index in [0.29, 0.717) is 5.69 Å². The third kappa shape index (κ3) is 4.69. The number of nitriles is 1. The summed E-state index contributed by atoms with van der Waals surface area (Å²) in [5.41, 5.74) is 11.0. The Balaban J connectivity index is 1.71.